The molecule has 2 amide bonds. The first-order valence-electron chi connectivity index (χ1n) is 10.3. The molecule has 0 bridgehead atoms. The zero-order valence-corrected chi connectivity index (χ0v) is 18.7. The van der Waals surface area contributed by atoms with Gasteiger partial charge < -0.3 is 10.2 Å². The van der Waals surface area contributed by atoms with Gasteiger partial charge in [-0.3, -0.25) is 9.59 Å². The predicted octanol–water partition coefficient (Wildman–Crippen LogP) is 3.51. The van der Waals surface area contributed by atoms with Crippen LogP contribution in [0.3, 0.4) is 0 Å². The average molecular weight is 439 g/mol. The van der Waals surface area contributed by atoms with E-state index in [2.05, 4.69) is 41.2 Å². The van der Waals surface area contributed by atoms with Crippen molar-refractivity contribution in [2.45, 2.75) is 39.0 Å². The Balaban J connectivity index is 1.46. The van der Waals surface area contributed by atoms with E-state index >= 15 is 0 Å². The molecule has 0 atom stereocenters. The molecule has 0 radical (unpaired) electrons. The van der Waals surface area contributed by atoms with Crippen molar-refractivity contribution in [3.63, 3.8) is 0 Å². The number of likely N-dealkylation sites (tertiary alicyclic amines) is 1. The van der Waals surface area contributed by atoms with Crippen molar-refractivity contribution in [1.82, 2.24) is 24.6 Å². The summed E-state index contributed by atoms with van der Waals surface area (Å²) in [7, 11) is 0. The molecule has 0 unspecified atom stereocenters. The number of rotatable bonds is 4. The number of piperidine rings is 1. The lowest BCUT2D eigenvalue weighted by Crippen LogP contribution is -2.41. The third-order valence-corrected chi connectivity index (χ3v) is 6.21. The van der Waals surface area contributed by atoms with Crippen LogP contribution in [0.25, 0.3) is 5.95 Å². The summed E-state index contributed by atoms with van der Waals surface area (Å²) < 4.78 is 1.58. The number of carbonyl (C=O) groups is 2. The third-order valence-electron chi connectivity index (χ3n) is 5.36. The minimum Gasteiger partial charge on any atom is -0.338 e. The van der Waals surface area contributed by atoms with Crippen molar-refractivity contribution in [1.29, 1.82) is 0 Å². The maximum atomic E-state index is 13.0. The van der Waals surface area contributed by atoms with Crippen LogP contribution in [0.2, 0.25) is 0 Å². The van der Waals surface area contributed by atoms with Gasteiger partial charge in [-0.2, -0.15) is 9.78 Å². The highest BCUT2D eigenvalue weighted by Gasteiger charge is 2.29. The molecule has 1 fully saturated rings. The standard InChI is InChI=1S/C22H26N6O2S/c1-22(2,3)17-14-18(28(26-17)21-23-9-5-10-24-21)25-19(29)15-7-11-27(12-8-15)20(30)16-6-4-13-31-16/h4-6,9-10,13-15H,7-8,11-12H2,1-3H3,(H,25,29). The van der Waals surface area contributed by atoms with Crippen molar-refractivity contribution < 1.29 is 9.59 Å². The molecule has 0 aromatic carbocycles. The highest BCUT2D eigenvalue weighted by molar-refractivity contribution is 7.12. The molecule has 3 aromatic rings. The van der Waals surface area contributed by atoms with Gasteiger partial charge in [0.25, 0.3) is 11.9 Å². The number of hydrogen-bond acceptors (Lipinski definition) is 6. The quantitative estimate of drug-likeness (QED) is 0.673. The highest BCUT2D eigenvalue weighted by atomic mass is 32.1. The largest absolute Gasteiger partial charge is 0.338 e. The number of carbonyl (C=O) groups excluding carboxylic acids is 2. The van der Waals surface area contributed by atoms with E-state index in [-0.39, 0.29) is 23.1 Å². The van der Waals surface area contributed by atoms with Crippen LogP contribution in [0, 0.1) is 5.92 Å². The first kappa shape index (κ1) is 21.2. The first-order valence-corrected chi connectivity index (χ1v) is 11.2. The van der Waals surface area contributed by atoms with Gasteiger partial charge in [0.05, 0.1) is 10.6 Å². The van der Waals surface area contributed by atoms with E-state index in [4.69, 9.17) is 0 Å². The fourth-order valence-corrected chi connectivity index (χ4v) is 4.21. The summed E-state index contributed by atoms with van der Waals surface area (Å²) in [6.07, 6.45) is 4.55. The summed E-state index contributed by atoms with van der Waals surface area (Å²) in [6, 6.07) is 7.33. The monoisotopic (exact) mass is 438 g/mol. The Morgan fingerprint density at radius 1 is 1.13 bits per heavy atom. The molecule has 1 N–H and O–H groups in total. The van der Waals surface area contributed by atoms with Gasteiger partial charge in [0.2, 0.25) is 5.91 Å². The fourth-order valence-electron chi connectivity index (χ4n) is 3.52. The number of thiophene rings is 1. The third kappa shape index (κ3) is 4.66. The van der Waals surface area contributed by atoms with Gasteiger partial charge in [-0.25, -0.2) is 9.97 Å². The van der Waals surface area contributed by atoms with E-state index in [0.717, 1.165) is 10.6 Å². The van der Waals surface area contributed by atoms with E-state index in [0.29, 0.717) is 37.7 Å². The van der Waals surface area contributed by atoms with Gasteiger partial charge >= 0.3 is 0 Å². The van der Waals surface area contributed by atoms with Crippen LogP contribution in [0.4, 0.5) is 5.82 Å². The maximum absolute atomic E-state index is 13.0. The zero-order valence-electron chi connectivity index (χ0n) is 17.9. The summed E-state index contributed by atoms with van der Waals surface area (Å²) in [5, 5.41) is 9.56. The number of anilines is 1. The van der Waals surface area contributed by atoms with Crippen molar-refractivity contribution >= 4 is 29.0 Å². The molecule has 3 aromatic heterocycles. The van der Waals surface area contributed by atoms with Crippen LogP contribution >= 0.6 is 11.3 Å². The van der Waals surface area contributed by atoms with Gasteiger partial charge in [0, 0.05) is 42.9 Å². The smallest absolute Gasteiger partial charge is 0.263 e. The van der Waals surface area contributed by atoms with E-state index in [1.165, 1.54) is 11.3 Å². The van der Waals surface area contributed by atoms with E-state index in [9.17, 15) is 9.59 Å². The second kappa shape index (κ2) is 8.58. The summed E-state index contributed by atoms with van der Waals surface area (Å²) in [4.78, 5) is 36.7. The predicted molar refractivity (Wildman–Crippen MR) is 119 cm³/mol. The number of hydrogen-bond donors (Lipinski definition) is 1. The second-order valence-corrected chi connectivity index (χ2v) is 9.61. The van der Waals surface area contributed by atoms with Crippen LogP contribution in [0.15, 0.2) is 42.0 Å². The normalized spacial score (nSPS) is 15.1. The van der Waals surface area contributed by atoms with Crippen LogP contribution in [-0.2, 0) is 10.2 Å². The summed E-state index contributed by atoms with van der Waals surface area (Å²) in [6.45, 7) is 7.35. The molecule has 9 heteroatoms. The summed E-state index contributed by atoms with van der Waals surface area (Å²) in [5.41, 5.74) is 0.652. The van der Waals surface area contributed by atoms with E-state index < -0.39 is 0 Å². The van der Waals surface area contributed by atoms with E-state index in [1.54, 1.807) is 23.1 Å². The molecule has 0 saturated carbocycles. The van der Waals surface area contributed by atoms with Gasteiger partial charge in [0.15, 0.2) is 0 Å². The lowest BCUT2D eigenvalue weighted by atomic mass is 9.92. The lowest BCUT2D eigenvalue weighted by Gasteiger charge is -2.31. The Morgan fingerprint density at radius 2 is 1.84 bits per heavy atom. The average Bonchev–Trinajstić information content (AvgIpc) is 3.44. The van der Waals surface area contributed by atoms with Gasteiger partial charge in [-0.15, -0.1) is 11.3 Å². The molecular weight excluding hydrogens is 412 g/mol. The number of nitrogens with zero attached hydrogens (tertiary/aromatic N) is 5. The second-order valence-electron chi connectivity index (χ2n) is 8.66. The molecule has 1 saturated heterocycles. The minimum absolute atomic E-state index is 0.0444. The SMILES string of the molecule is CC(C)(C)c1cc(NC(=O)C2CCN(C(=O)c3cccs3)CC2)n(-c2ncccn2)n1. The van der Waals surface area contributed by atoms with E-state index in [1.807, 2.05) is 28.5 Å². The molecule has 162 valence electrons. The molecule has 31 heavy (non-hydrogen) atoms. The minimum atomic E-state index is -0.187. The number of aromatic nitrogens is 4. The highest BCUT2D eigenvalue weighted by Crippen LogP contribution is 2.27. The molecule has 0 aliphatic carbocycles. The van der Waals surface area contributed by atoms with Gasteiger partial charge in [-0.1, -0.05) is 26.8 Å². The van der Waals surface area contributed by atoms with Crippen LogP contribution in [-0.4, -0.2) is 49.6 Å². The summed E-state index contributed by atoms with van der Waals surface area (Å²) in [5.74, 6) is 0.775. The number of nitrogens with one attached hydrogen (secondary N) is 1. The van der Waals surface area contributed by atoms with Crippen LogP contribution in [0.1, 0.15) is 49.0 Å². The Kier molecular flexibility index (Phi) is 5.86. The summed E-state index contributed by atoms with van der Waals surface area (Å²) >= 11 is 1.45. The van der Waals surface area contributed by atoms with Crippen molar-refractivity contribution in [2.75, 3.05) is 18.4 Å². The maximum Gasteiger partial charge on any atom is 0.263 e. The Bertz CT molecular complexity index is 1050. The van der Waals surface area contributed by atoms with Crippen molar-refractivity contribution in [3.8, 4) is 5.95 Å². The molecule has 0 spiro atoms. The Hall–Kier alpha value is -3.07. The van der Waals surface area contributed by atoms with Crippen molar-refractivity contribution in [3.05, 3.63) is 52.6 Å². The molecule has 1 aliphatic rings. The van der Waals surface area contributed by atoms with Crippen LogP contribution in [0.5, 0.6) is 0 Å². The van der Waals surface area contributed by atoms with Gasteiger partial charge in [-0.05, 0) is 30.4 Å². The molecular formula is C22H26N6O2S. The molecule has 1 aliphatic heterocycles. The lowest BCUT2D eigenvalue weighted by molar-refractivity contribution is -0.121. The van der Waals surface area contributed by atoms with Crippen LogP contribution < -0.4 is 5.32 Å². The molecule has 8 nitrogen and oxygen atoms in total. The Morgan fingerprint density at radius 3 is 2.45 bits per heavy atom. The topological polar surface area (TPSA) is 93.0 Å². The fraction of sp³-hybridized carbons (Fsp3) is 0.409. The Labute approximate surface area is 185 Å². The molecule has 4 heterocycles. The van der Waals surface area contributed by atoms with Crippen molar-refractivity contribution in [2.24, 2.45) is 5.92 Å². The zero-order chi connectivity index (χ0) is 22.0. The number of amides is 2. The van der Waals surface area contributed by atoms with Gasteiger partial charge in [0.1, 0.15) is 5.82 Å². The first-order chi connectivity index (χ1) is 14.8. The molecule has 4 rings (SSSR count).